The molecule has 0 spiro atoms. The summed E-state index contributed by atoms with van der Waals surface area (Å²) in [6, 6.07) is 5.74. The van der Waals surface area contributed by atoms with E-state index in [1.807, 2.05) is 12.1 Å². The van der Waals surface area contributed by atoms with Gasteiger partial charge in [-0.3, -0.25) is 9.78 Å². The van der Waals surface area contributed by atoms with E-state index >= 15 is 0 Å². The van der Waals surface area contributed by atoms with E-state index in [0.29, 0.717) is 17.4 Å². The third-order valence-electron chi connectivity index (χ3n) is 6.23. The standard InChI is InChI=1S/C23H30ClN5O2/c1-23(5-9-31-10-6-23)15-28-17-4-8-26-20(11-17)18-12-21(27-14-19(18)24)29-22(30)16-3-2-7-25-13-16/h4,8,11-12,14,16,25H,2-3,5-7,9-10,13,15H2,1H3,(H,26,28)(H,27,29,30). The van der Waals surface area contributed by atoms with Gasteiger partial charge in [0.2, 0.25) is 5.91 Å². The topological polar surface area (TPSA) is 88.2 Å². The molecule has 1 atom stereocenters. The van der Waals surface area contributed by atoms with Crippen LogP contribution < -0.4 is 16.0 Å². The van der Waals surface area contributed by atoms with Gasteiger partial charge < -0.3 is 20.7 Å². The lowest BCUT2D eigenvalue weighted by molar-refractivity contribution is -0.120. The van der Waals surface area contributed by atoms with Crippen LogP contribution in [0.5, 0.6) is 0 Å². The Morgan fingerprint density at radius 2 is 2.16 bits per heavy atom. The average Bonchev–Trinajstić information content (AvgIpc) is 2.80. The fourth-order valence-corrected chi connectivity index (χ4v) is 4.25. The third kappa shape index (κ3) is 5.73. The van der Waals surface area contributed by atoms with Crippen LogP contribution in [0.2, 0.25) is 5.02 Å². The summed E-state index contributed by atoms with van der Waals surface area (Å²) >= 11 is 6.43. The van der Waals surface area contributed by atoms with E-state index < -0.39 is 0 Å². The maximum Gasteiger partial charge on any atom is 0.229 e. The number of carbonyl (C=O) groups excluding carboxylic acids is 1. The van der Waals surface area contributed by atoms with Crippen molar-refractivity contribution in [1.29, 1.82) is 0 Å². The van der Waals surface area contributed by atoms with Crippen molar-refractivity contribution in [3.05, 3.63) is 35.6 Å². The molecule has 2 fully saturated rings. The number of halogens is 1. The molecule has 2 aromatic rings. The number of anilines is 2. The Morgan fingerprint density at radius 3 is 2.94 bits per heavy atom. The molecule has 31 heavy (non-hydrogen) atoms. The number of rotatable bonds is 6. The van der Waals surface area contributed by atoms with Gasteiger partial charge in [0.05, 0.1) is 16.6 Å². The number of nitrogens with one attached hydrogen (secondary N) is 3. The minimum absolute atomic E-state index is 0.0129. The van der Waals surface area contributed by atoms with Gasteiger partial charge in [-0.15, -0.1) is 0 Å². The predicted octanol–water partition coefficient (Wildman–Crippen LogP) is 3.96. The maximum atomic E-state index is 12.6. The molecule has 2 aliphatic heterocycles. The Bertz CT molecular complexity index is 911. The molecule has 2 aromatic heterocycles. The summed E-state index contributed by atoms with van der Waals surface area (Å²) < 4.78 is 5.49. The van der Waals surface area contributed by atoms with Crippen LogP contribution in [0.4, 0.5) is 11.5 Å². The first-order valence-corrected chi connectivity index (χ1v) is 11.4. The monoisotopic (exact) mass is 443 g/mol. The van der Waals surface area contributed by atoms with Crippen molar-refractivity contribution in [3.8, 4) is 11.3 Å². The molecule has 0 aliphatic carbocycles. The second kappa shape index (κ2) is 9.94. The van der Waals surface area contributed by atoms with Gasteiger partial charge >= 0.3 is 0 Å². The van der Waals surface area contributed by atoms with Crippen LogP contribution in [0.15, 0.2) is 30.6 Å². The van der Waals surface area contributed by atoms with E-state index in [1.165, 1.54) is 0 Å². The van der Waals surface area contributed by atoms with Crippen LogP contribution in [0.1, 0.15) is 32.6 Å². The lowest BCUT2D eigenvalue weighted by Crippen LogP contribution is -2.37. The van der Waals surface area contributed by atoms with Gasteiger partial charge in [-0.2, -0.15) is 0 Å². The van der Waals surface area contributed by atoms with Gasteiger partial charge in [0, 0.05) is 49.9 Å². The summed E-state index contributed by atoms with van der Waals surface area (Å²) in [5, 5.41) is 10.2. The summed E-state index contributed by atoms with van der Waals surface area (Å²) in [5.74, 6) is 0.442. The molecule has 0 radical (unpaired) electrons. The van der Waals surface area contributed by atoms with E-state index in [4.69, 9.17) is 16.3 Å². The van der Waals surface area contributed by atoms with Crippen LogP contribution in [0.3, 0.4) is 0 Å². The maximum absolute atomic E-state index is 12.6. The molecule has 2 saturated heterocycles. The van der Waals surface area contributed by atoms with Crippen molar-refractivity contribution in [1.82, 2.24) is 15.3 Å². The number of nitrogens with zero attached hydrogens (tertiary/aromatic N) is 2. The molecule has 0 bridgehead atoms. The molecule has 1 amide bonds. The van der Waals surface area contributed by atoms with Crippen molar-refractivity contribution in [3.63, 3.8) is 0 Å². The summed E-state index contributed by atoms with van der Waals surface area (Å²) in [6.07, 6.45) is 7.33. The molecular formula is C23H30ClN5O2. The quantitative estimate of drug-likeness (QED) is 0.626. The highest BCUT2D eigenvalue weighted by molar-refractivity contribution is 6.33. The molecule has 2 aliphatic rings. The van der Waals surface area contributed by atoms with E-state index in [0.717, 1.165) is 68.9 Å². The number of ether oxygens (including phenoxy) is 1. The smallest absolute Gasteiger partial charge is 0.229 e. The molecule has 166 valence electrons. The third-order valence-corrected chi connectivity index (χ3v) is 6.53. The van der Waals surface area contributed by atoms with Crippen LogP contribution in [0, 0.1) is 11.3 Å². The van der Waals surface area contributed by atoms with Gasteiger partial charge in [0.1, 0.15) is 5.82 Å². The molecule has 1 unspecified atom stereocenters. The lowest BCUT2D eigenvalue weighted by Gasteiger charge is -2.33. The Hall–Kier alpha value is -2.22. The fraction of sp³-hybridized carbons (Fsp3) is 0.522. The first-order valence-electron chi connectivity index (χ1n) is 11.0. The minimum atomic E-state index is -0.0353. The largest absolute Gasteiger partial charge is 0.384 e. The number of hydrogen-bond acceptors (Lipinski definition) is 6. The van der Waals surface area contributed by atoms with E-state index in [2.05, 4.69) is 32.8 Å². The van der Waals surface area contributed by atoms with Crippen molar-refractivity contribution in [2.24, 2.45) is 11.3 Å². The molecular weight excluding hydrogens is 414 g/mol. The zero-order chi connectivity index (χ0) is 21.7. The molecule has 0 saturated carbocycles. The molecule has 8 heteroatoms. The Kier molecular flexibility index (Phi) is 7.05. The zero-order valence-electron chi connectivity index (χ0n) is 17.9. The fourth-order valence-electron chi connectivity index (χ4n) is 4.05. The van der Waals surface area contributed by atoms with Crippen LogP contribution in [-0.2, 0) is 9.53 Å². The Morgan fingerprint density at radius 1 is 1.32 bits per heavy atom. The van der Waals surface area contributed by atoms with Crippen molar-refractivity contribution < 1.29 is 9.53 Å². The zero-order valence-corrected chi connectivity index (χ0v) is 18.7. The number of hydrogen-bond donors (Lipinski definition) is 3. The molecule has 7 nitrogen and oxygen atoms in total. The minimum Gasteiger partial charge on any atom is -0.384 e. The van der Waals surface area contributed by atoms with Crippen LogP contribution >= 0.6 is 11.6 Å². The van der Waals surface area contributed by atoms with Crippen molar-refractivity contribution in [2.75, 3.05) is 43.5 Å². The van der Waals surface area contributed by atoms with Crippen molar-refractivity contribution in [2.45, 2.75) is 32.6 Å². The van der Waals surface area contributed by atoms with E-state index in [9.17, 15) is 4.79 Å². The summed E-state index contributed by atoms with van der Waals surface area (Å²) in [5.41, 5.74) is 2.70. The molecule has 4 heterocycles. The molecule has 0 aromatic carbocycles. The second-order valence-electron chi connectivity index (χ2n) is 8.79. The number of pyridine rings is 2. The second-order valence-corrected chi connectivity index (χ2v) is 9.20. The molecule has 3 N–H and O–H groups in total. The SMILES string of the molecule is CC1(CNc2ccnc(-c3cc(NC(=O)C4CCCNC4)ncc3Cl)c2)CCOCC1. The number of carbonyl (C=O) groups is 1. The first kappa shape index (κ1) is 22.0. The highest BCUT2D eigenvalue weighted by Crippen LogP contribution is 2.32. The number of aromatic nitrogens is 2. The van der Waals surface area contributed by atoms with Gasteiger partial charge in [0.25, 0.3) is 0 Å². The van der Waals surface area contributed by atoms with Crippen LogP contribution in [-0.4, -0.2) is 48.7 Å². The normalized spacial score (nSPS) is 20.8. The predicted molar refractivity (Wildman–Crippen MR) is 123 cm³/mol. The van der Waals surface area contributed by atoms with Gasteiger partial charge in [-0.25, -0.2) is 4.98 Å². The first-order chi connectivity index (χ1) is 15.0. The van der Waals surface area contributed by atoms with Crippen LogP contribution in [0.25, 0.3) is 11.3 Å². The van der Waals surface area contributed by atoms with Gasteiger partial charge in [-0.1, -0.05) is 18.5 Å². The van der Waals surface area contributed by atoms with Gasteiger partial charge in [0.15, 0.2) is 0 Å². The lowest BCUT2D eigenvalue weighted by atomic mass is 9.82. The van der Waals surface area contributed by atoms with Crippen molar-refractivity contribution >= 4 is 29.0 Å². The summed E-state index contributed by atoms with van der Waals surface area (Å²) in [6.45, 7) is 6.47. The molecule has 4 rings (SSSR count). The number of amides is 1. The average molecular weight is 444 g/mol. The highest BCUT2D eigenvalue weighted by Gasteiger charge is 2.27. The van der Waals surface area contributed by atoms with Gasteiger partial charge in [-0.05, 0) is 55.8 Å². The summed E-state index contributed by atoms with van der Waals surface area (Å²) in [4.78, 5) is 21.3. The Labute approximate surface area is 188 Å². The highest BCUT2D eigenvalue weighted by atomic mass is 35.5. The van der Waals surface area contributed by atoms with E-state index in [1.54, 1.807) is 18.5 Å². The summed E-state index contributed by atoms with van der Waals surface area (Å²) in [7, 11) is 0. The van der Waals surface area contributed by atoms with E-state index in [-0.39, 0.29) is 17.2 Å². The Balaban J connectivity index is 1.46. The number of piperidine rings is 1.